The van der Waals surface area contributed by atoms with Crippen molar-refractivity contribution in [2.75, 3.05) is 29.8 Å². The van der Waals surface area contributed by atoms with Crippen LogP contribution in [0.25, 0.3) is 0 Å². The van der Waals surface area contributed by atoms with Gasteiger partial charge in [-0.1, -0.05) is 17.7 Å². The number of aromatic nitrogens is 1. The van der Waals surface area contributed by atoms with Gasteiger partial charge in [0.25, 0.3) is 0 Å². The first-order valence-electron chi connectivity index (χ1n) is 9.64. The fourth-order valence-electron chi connectivity index (χ4n) is 3.69. The second-order valence-corrected chi connectivity index (χ2v) is 9.98. The largest absolute Gasteiger partial charge is 0.368 e. The summed E-state index contributed by atoms with van der Waals surface area (Å²) in [7, 11) is 2.07. The van der Waals surface area contributed by atoms with Gasteiger partial charge in [0, 0.05) is 30.2 Å². The van der Waals surface area contributed by atoms with Gasteiger partial charge in [0.1, 0.15) is 21.6 Å². The Morgan fingerprint density at radius 1 is 1.27 bits per heavy atom. The van der Waals surface area contributed by atoms with Crippen LogP contribution in [0.4, 0.5) is 24.7 Å². The Bertz CT molecular complexity index is 937. The number of likely N-dealkylation sites (N-methyl/N-ethyl adjacent to an activating group) is 1. The summed E-state index contributed by atoms with van der Waals surface area (Å²) in [6.07, 6.45) is 0.851. The monoisotopic (exact) mass is 458 g/mol. The predicted octanol–water partition coefficient (Wildman–Crippen LogP) is 5.97. The fraction of sp³-hybridized carbons (Fsp3) is 0.476. The second-order valence-electron chi connectivity index (χ2n) is 8.78. The zero-order valence-electron chi connectivity index (χ0n) is 17.7. The van der Waals surface area contributed by atoms with Crippen LogP contribution < -0.4 is 9.62 Å². The van der Waals surface area contributed by atoms with Crippen molar-refractivity contribution in [1.29, 1.82) is 0 Å². The van der Waals surface area contributed by atoms with Gasteiger partial charge >= 0.3 is 0 Å². The summed E-state index contributed by atoms with van der Waals surface area (Å²) in [6.45, 7) is 9.82. The van der Waals surface area contributed by atoms with Crippen LogP contribution in [0.5, 0.6) is 0 Å². The van der Waals surface area contributed by atoms with Crippen LogP contribution in [0.3, 0.4) is 0 Å². The van der Waals surface area contributed by atoms with E-state index in [0.29, 0.717) is 30.7 Å². The maximum atomic E-state index is 14.9. The summed E-state index contributed by atoms with van der Waals surface area (Å²) >= 11 is 6.97. The molecule has 30 heavy (non-hydrogen) atoms. The minimum absolute atomic E-state index is 0.0395. The third-order valence-electron chi connectivity index (χ3n) is 5.68. The maximum absolute atomic E-state index is 14.9. The standard InChI is InChI=1S/C21H26ClF3N4S/c1-20(2,3)28(5)21(4)9-10-29(12-21)14-11-13(23)19(18(25)17(14)22)30-27-16-8-6-7-15(24)26-16/h6-8,11H,9-10,12H2,1-5H3,(H,26,27)/t21-/m0/s1. The highest BCUT2D eigenvalue weighted by Crippen LogP contribution is 2.41. The third-order valence-corrected chi connectivity index (χ3v) is 6.93. The lowest BCUT2D eigenvalue weighted by Gasteiger charge is -2.44. The van der Waals surface area contributed by atoms with Crippen molar-refractivity contribution in [2.45, 2.75) is 50.1 Å². The molecule has 0 unspecified atom stereocenters. The second kappa shape index (κ2) is 8.48. The molecule has 0 saturated carbocycles. The van der Waals surface area contributed by atoms with E-state index in [0.717, 1.165) is 6.42 Å². The molecule has 164 valence electrons. The zero-order valence-corrected chi connectivity index (χ0v) is 19.3. The zero-order chi connectivity index (χ0) is 22.3. The molecule has 0 amide bonds. The van der Waals surface area contributed by atoms with Crippen LogP contribution in [0.1, 0.15) is 34.1 Å². The summed E-state index contributed by atoms with van der Waals surface area (Å²) < 4.78 is 45.6. The Morgan fingerprint density at radius 3 is 2.60 bits per heavy atom. The van der Waals surface area contributed by atoms with Gasteiger partial charge in [-0.05, 0) is 65.2 Å². The molecule has 1 aromatic carbocycles. The number of hydrogen-bond donors (Lipinski definition) is 1. The van der Waals surface area contributed by atoms with E-state index in [-0.39, 0.29) is 26.8 Å². The minimum Gasteiger partial charge on any atom is -0.368 e. The highest BCUT2D eigenvalue weighted by atomic mass is 35.5. The minimum atomic E-state index is -0.849. The summed E-state index contributed by atoms with van der Waals surface area (Å²) in [6, 6.07) is 5.40. The van der Waals surface area contributed by atoms with Crippen molar-refractivity contribution in [3.05, 3.63) is 46.9 Å². The van der Waals surface area contributed by atoms with Crippen molar-refractivity contribution in [3.63, 3.8) is 0 Å². The first-order chi connectivity index (χ1) is 13.9. The highest BCUT2D eigenvalue weighted by molar-refractivity contribution is 8.00. The molecule has 1 fully saturated rings. The molecule has 1 aliphatic rings. The molecule has 3 rings (SSSR count). The van der Waals surface area contributed by atoms with Crippen LogP contribution in [0.2, 0.25) is 5.02 Å². The lowest BCUT2D eigenvalue weighted by atomic mass is 9.93. The van der Waals surface area contributed by atoms with Gasteiger partial charge in [-0.25, -0.2) is 13.8 Å². The molecule has 0 bridgehead atoms. The molecule has 9 heteroatoms. The number of anilines is 2. The van der Waals surface area contributed by atoms with Crippen molar-refractivity contribution >= 4 is 35.1 Å². The highest BCUT2D eigenvalue weighted by Gasteiger charge is 2.42. The van der Waals surface area contributed by atoms with Crippen LogP contribution >= 0.6 is 23.5 Å². The molecule has 4 nitrogen and oxygen atoms in total. The maximum Gasteiger partial charge on any atom is 0.214 e. The molecular formula is C21H26ClF3N4S. The summed E-state index contributed by atoms with van der Waals surface area (Å²) in [5.74, 6) is -2.12. The van der Waals surface area contributed by atoms with Gasteiger partial charge in [0.05, 0.1) is 5.69 Å². The summed E-state index contributed by atoms with van der Waals surface area (Å²) in [5, 5.41) is -0.129. The van der Waals surface area contributed by atoms with Crippen molar-refractivity contribution in [2.24, 2.45) is 0 Å². The van der Waals surface area contributed by atoms with Gasteiger partial charge in [0.2, 0.25) is 5.95 Å². The van der Waals surface area contributed by atoms with Crippen LogP contribution in [-0.4, -0.2) is 41.1 Å². The predicted molar refractivity (Wildman–Crippen MR) is 118 cm³/mol. The Balaban J connectivity index is 1.81. The van der Waals surface area contributed by atoms with Crippen molar-refractivity contribution < 1.29 is 13.2 Å². The number of halogens is 4. The van der Waals surface area contributed by atoms with Gasteiger partial charge < -0.3 is 9.62 Å². The molecule has 0 spiro atoms. The van der Waals surface area contributed by atoms with E-state index >= 15 is 0 Å². The molecule has 2 heterocycles. The topological polar surface area (TPSA) is 31.4 Å². The van der Waals surface area contributed by atoms with E-state index in [1.54, 1.807) is 0 Å². The Labute approximate surface area is 184 Å². The fourth-order valence-corrected chi connectivity index (χ4v) is 4.69. The van der Waals surface area contributed by atoms with Crippen LogP contribution in [0, 0.1) is 17.6 Å². The van der Waals surface area contributed by atoms with Gasteiger partial charge in [0.15, 0.2) is 5.82 Å². The average molecular weight is 459 g/mol. The van der Waals surface area contributed by atoms with E-state index in [4.69, 9.17) is 11.6 Å². The number of hydrogen-bond acceptors (Lipinski definition) is 5. The SMILES string of the molecule is CN(C(C)(C)C)[C@@]1(C)CCN(c2cc(F)c(SNc3cccc(F)n3)c(F)c2Cl)C1. The number of nitrogens with one attached hydrogen (secondary N) is 1. The van der Waals surface area contributed by atoms with E-state index < -0.39 is 17.6 Å². The average Bonchev–Trinajstić information content (AvgIpc) is 3.06. The number of benzene rings is 1. The Morgan fingerprint density at radius 2 is 1.97 bits per heavy atom. The lowest BCUT2D eigenvalue weighted by Crippen LogP contribution is -2.54. The van der Waals surface area contributed by atoms with E-state index in [2.05, 4.69) is 49.3 Å². The normalized spacial score (nSPS) is 19.6. The van der Waals surface area contributed by atoms with E-state index in [9.17, 15) is 13.2 Å². The third kappa shape index (κ3) is 4.65. The molecule has 2 aromatic rings. The first kappa shape index (κ1) is 23.0. The van der Waals surface area contributed by atoms with Gasteiger partial charge in [-0.2, -0.15) is 4.39 Å². The number of pyridine rings is 1. The molecule has 0 radical (unpaired) electrons. The molecule has 1 aliphatic heterocycles. The molecule has 0 aliphatic carbocycles. The smallest absolute Gasteiger partial charge is 0.214 e. The van der Waals surface area contributed by atoms with E-state index in [1.165, 1.54) is 24.3 Å². The Kier molecular flexibility index (Phi) is 6.51. The molecule has 1 N–H and O–H groups in total. The number of rotatable bonds is 5. The molecule has 1 atom stereocenters. The quantitative estimate of drug-likeness (QED) is 0.339. The lowest BCUT2D eigenvalue weighted by molar-refractivity contribution is 0.0589. The molecule has 1 aromatic heterocycles. The number of nitrogens with zero attached hydrogens (tertiary/aromatic N) is 3. The summed E-state index contributed by atoms with van der Waals surface area (Å²) in [5.41, 5.74) is 0.153. The molecular weight excluding hydrogens is 433 g/mol. The van der Waals surface area contributed by atoms with Gasteiger partial charge in [-0.15, -0.1) is 0 Å². The van der Waals surface area contributed by atoms with Crippen LogP contribution in [0.15, 0.2) is 29.2 Å². The Hall–Kier alpha value is -1.64. The van der Waals surface area contributed by atoms with Crippen molar-refractivity contribution in [1.82, 2.24) is 9.88 Å². The van der Waals surface area contributed by atoms with Crippen molar-refractivity contribution in [3.8, 4) is 0 Å². The first-order valence-corrected chi connectivity index (χ1v) is 10.8. The molecule has 1 saturated heterocycles. The van der Waals surface area contributed by atoms with E-state index in [1.807, 2.05) is 4.90 Å². The van der Waals surface area contributed by atoms with Gasteiger partial charge in [-0.3, -0.25) is 4.90 Å². The van der Waals surface area contributed by atoms with Crippen LogP contribution in [-0.2, 0) is 0 Å². The summed E-state index contributed by atoms with van der Waals surface area (Å²) in [4.78, 5) is 7.54.